The van der Waals surface area contributed by atoms with Crippen LogP contribution in [-0.4, -0.2) is 42.3 Å². The number of hydrogen-bond acceptors (Lipinski definition) is 4. The first-order valence-electron chi connectivity index (χ1n) is 12.6. The van der Waals surface area contributed by atoms with Gasteiger partial charge in [0.2, 0.25) is 5.91 Å². The Morgan fingerprint density at radius 1 is 0.857 bits per heavy atom. The van der Waals surface area contributed by atoms with E-state index in [1.807, 2.05) is 24.3 Å². The summed E-state index contributed by atoms with van der Waals surface area (Å²) in [5, 5.41) is 15.2. The maximum absolute atomic E-state index is 12.9. The van der Waals surface area contributed by atoms with Gasteiger partial charge >= 0.3 is 12.1 Å². The molecule has 0 bridgehead atoms. The van der Waals surface area contributed by atoms with Gasteiger partial charge < -0.3 is 20.5 Å². The highest BCUT2D eigenvalue weighted by Crippen LogP contribution is 2.44. The normalized spacial score (nSPS) is 25.0. The second kappa shape index (κ2) is 10.1. The molecule has 2 amide bonds. The van der Waals surface area contributed by atoms with E-state index < -0.39 is 12.1 Å². The number of aliphatic carboxylic acids is 1. The molecule has 2 fully saturated rings. The Balaban J connectivity index is 1.15. The number of hydrogen-bond donors (Lipinski definition) is 3. The van der Waals surface area contributed by atoms with Crippen molar-refractivity contribution >= 4 is 18.0 Å². The Bertz CT molecular complexity index is 1070. The number of carbonyl (C=O) groups excluding carboxylic acids is 2. The van der Waals surface area contributed by atoms with Gasteiger partial charge in [0.1, 0.15) is 6.61 Å². The lowest BCUT2D eigenvalue weighted by atomic mass is 9.95. The number of amides is 2. The molecule has 184 valence electrons. The number of carboxylic acids is 1. The topological polar surface area (TPSA) is 105 Å². The number of alkyl carbamates (subject to hydrolysis) is 1. The summed E-state index contributed by atoms with van der Waals surface area (Å²) in [6.07, 6.45) is 4.16. The van der Waals surface area contributed by atoms with Crippen LogP contribution in [0.5, 0.6) is 0 Å². The van der Waals surface area contributed by atoms with E-state index in [1.165, 1.54) is 11.1 Å². The molecule has 4 atom stereocenters. The lowest BCUT2D eigenvalue weighted by Gasteiger charge is -2.23. The van der Waals surface area contributed by atoms with E-state index in [2.05, 4.69) is 34.9 Å². The molecule has 2 saturated carbocycles. The fourth-order valence-electron chi connectivity index (χ4n) is 6.21. The van der Waals surface area contributed by atoms with E-state index in [4.69, 9.17) is 4.74 Å². The van der Waals surface area contributed by atoms with E-state index in [-0.39, 0.29) is 42.2 Å². The second-order valence-electron chi connectivity index (χ2n) is 9.99. The molecule has 3 N–H and O–H groups in total. The number of carbonyl (C=O) groups is 3. The average Bonchev–Trinajstić information content (AvgIpc) is 3.59. The van der Waals surface area contributed by atoms with Gasteiger partial charge in [0, 0.05) is 18.5 Å². The summed E-state index contributed by atoms with van der Waals surface area (Å²) < 4.78 is 5.66. The zero-order valence-electron chi connectivity index (χ0n) is 19.7. The van der Waals surface area contributed by atoms with E-state index in [0.29, 0.717) is 19.4 Å². The van der Waals surface area contributed by atoms with Gasteiger partial charge in [-0.15, -0.1) is 0 Å². The predicted molar refractivity (Wildman–Crippen MR) is 131 cm³/mol. The first-order chi connectivity index (χ1) is 17.0. The van der Waals surface area contributed by atoms with Gasteiger partial charge in [-0.2, -0.15) is 0 Å². The molecular weight excluding hydrogens is 444 g/mol. The summed E-state index contributed by atoms with van der Waals surface area (Å²) in [7, 11) is 0. The molecule has 0 aliphatic heterocycles. The third-order valence-electron chi connectivity index (χ3n) is 8.01. The maximum atomic E-state index is 12.9. The van der Waals surface area contributed by atoms with Crippen molar-refractivity contribution in [1.82, 2.24) is 10.6 Å². The van der Waals surface area contributed by atoms with Crippen LogP contribution in [0.4, 0.5) is 4.79 Å². The van der Waals surface area contributed by atoms with Crippen molar-refractivity contribution in [3.63, 3.8) is 0 Å². The van der Waals surface area contributed by atoms with Gasteiger partial charge in [-0.3, -0.25) is 9.59 Å². The van der Waals surface area contributed by atoms with Crippen molar-refractivity contribution in [3.8, 4) is 11.1 Å². The third-order valence-corrected chi connectivity index (χ3v) is 8.01. The largest absolute Gasteiger partial charge is 0.481 e. The first-order valence-corrected chi connectivity index (χ1v) is 12.6. The standard InChI is InChI=1S/C28H32N2O5/c31-26(29-15-17-7-5-12-18(17)27(32)33)23-13-6-14-25(23)30-28(34)35-16-24-21-10-3-1-8-19(21)20-9-2-4-11-22(20)24/h1-4,8-11,17-18,23-25H,5-7,12-16H2,(H,29,31)(H,30,34)(H,32,33)/t17-,18-,23-,25+/m1/s1. The summed E-state index contributed by atoms with van der Waals surface area (Å²) in [5.41, 5.74) is 4.67. The minimum Gasteiger partial charge on any atom is -0.481 e. The smallest absolute Gasteiger partial charge is 0.407 e. The Morgan fingerprint density at radius 3 is 2.17 bits per heavy atom. The van der Waals surface area contributed by atoms with E-state index in [9.17, 15) is 19.5 Å². The van der Waals surface area contributed by atoms with Crippen LogP contribution in [0.1, 0.15) is 55.6 Å². The zero-order valence-corrected chi connectivity index (χ0v) is 19.7. The molecule has 0 spiro atoms. The van der Waals surface area contributed by atoms with E-state index in [1.54, 1.807) is 0 Å². The number of nitrogens with one attached hydrogen (secondary N) is 2. The van der Waals surface area contributed by atoms with Crippen LogP contribution in [0.3, 0.4) is 0 Å². The average molecular weight is 477 g/mol. The second-order valence-corrected chi connectivity index (χ2v) is 9.99. The van der Waals surface area contributed by atoms with Crippen LogP contribution in [0.15, 0.2) is 48.5 Å². The van der Waals surface area contributed by atoms with Gasteiger partial charge in [-0.05, 0) is 53.9 Å². The number of fused-ring (bicyclic) bond motifs is 3. The molecule has 5 rings (SSSR count). The summed E-state index contributed by atoms with van der Waals surface area (Å²) in [6.45, 7) is 0.617. The molecule has 0 saturated heterocycles. The maximum Gasteiger partial charge on any atom is 0.407 e. The van der Waals surface area contributed by atoms with Crippen LogP contribution in [0, 0.1) is 17.8 Å². The summed E-state index contributed by atoms with van der Waals surface area (Å²) in [6, 6.07) is 16.1. The van der Waals surface area contributed by atoms with E-state index in [0.717, 1.165) is 36.8 Å². The number of ether oxygens (including phenoxy) is 1. The molecule has 0 heterocycles. The number of benzene rings is 2. The highest BCUT2D eigenvalue weighted by atomic mass is 16.5. The highest BCUT2D eigenvalue weighted by molar-refractivity contribution is 5.81. The number of carboxylic acid groups (broad SMARTS) is 1. The Morgan fingerprint density at radius 2 is 1.49 bits per heavy atom. The number of rotatable bonds is 7. The van der Waals surface area contributed by atoms with Gasteiger partial charge in [0.25, 0.3) is 0 Å². The summed E-state index contributed by atoms with van der Waals surface area (Å²) in [5.74, 6) is -1.62. The lowest BCUT2D eigenvalue weighted by molar-refractivity contribution is -0.143. The van der Waals surface area contributed by atoms with Crippen LogP contribution >= 0.6 is 0 Å². The van der Waals surface area contributed by atoms with Crippen molar-refractivity contribution in [1.29, 1.82) is 0 Å². The fraction of sp³-hybridized carbons (Fsp3) is 0.464. The monoisotopic (exact) mass is 476 g/mol. The molecule has 35 heavy (non-hydrogen) atoms. The van der Waals surface area contributed by atoms with Crippen molar-refractivity contribution in [2.45, 2.75) is 50.5 Å². The molecular formula is C28H32N2O5. The van der Waals surface area contributed by atoms with Crippen molar-refractivity contribution in [2.24, 2.45) is 17.8 Å². The third kappa shape index (κ3) is 4.77. The summed E-state index contributed by atoms with van der Waals surface area (Å²) in [4.78, 5) is 37.0. The quantitative estimate of drug-likeness (QED) is 0.552. The molecule has 3 aliphatic carbocycles. The van der Waals surface area contributed by atoms with Crippen molar-refractivity contribution < 1.29 is 24.2 Å². The Kier molecular flexibility index (Phi) is 6.75. The molecule has 7 heteroatoms. The molecule has 3 aliphatic rings. The molecule has 0 radical (unpaired) electrons. The lowest BCUT2D eigenvalue weighted by Crippen LogP contribution is -2.45. The van der Waals surface area contributed by atoms with Gasteiger partial charge in [0.15, 0.2) is 0 Å². The van der Waals surface area contributed by atoms with Crippen LogP contribution in [0.25, 0.3) is 11.1 Å². The predicted octanol–water partition coefficient (Wildman–Crippen LogP) is 4.31. The Labute approximate surface area is 205 Å². The highest BCUT2D eigenvalue weighted by Gasteiger charge is 2.37. The van der Waals surface area contributed by atoms with Crippen molar-refractivity contribution in [3.05, 3.63) is 59.7 Å². The fourth-order valence-corrected chi connectivity index (χ4v) is 6.21. The van der Waals surface area contributed by atoms with Gasteiger partial charge in [-0.1, -0.05) is 61.4 Å². The SMILES string of the molecule is O=C(N[C@H]1CCC[C@H]1C(=O)NC[C@H]1CCC[C@H]1C(=O)O)OCC1c2ccccc2-c2ccccc21. The summed E-state index contributed by atoms with van der Waals surface area (Å²) >= 11 is 0. The molecule has 7 nitrogen and oxygen atoms in total. The van der Waals surface area contributed by atoms with Crippen LogP contribution < -0.4 is 10.6 Å². The molecule has 0 unspecified atom stereocenters. The molecule has 0 aromatic heterocycles. The minimum atomic E-state index is -0.780. The Hall–Kier alpha value is -3.35. The van der Waals surface area contributed by atoms with Crippen LogP contribution in [0.2, 0.25) is 0 Å². The van der Waals surface area contributed by atoms with Crippen LogP contribution in [-0.2, 0) is 14.3 Å². The van der Waals surface area contributed by atoms with Gasteiger partial charge in [0.05, 0.1) is 11.8 Å². The molecule has 2 aromatic carbocycles. The first kappa shape index (κ1) is 23.4. The van der Waals surface area contributed by atoms with E-state index >= 15 is 0 Å². The minimum absolute atomic E-state index is 0.00980. The van der Waals surface area contributed by atoms with Crippen molar-refractivity contribution in [2.75, 3.05) is 13.2 Å². The van der Waals surface area contributed by atoms with Gasteiger partial charge in [-0.25, -0.2) is 4.79 Å². The molecule has 2 aromatic rings. The zero-order chi connectivity index (χ0) is 24.4.